The number of hydrogen-bond donors (Lipinski definition) is 1. The number of nitrogens with two attached hydrogens (primary N) is 1. The molecule has 0 aliphatic heterocycles. The molecule has 5 heteroatoms. The van der Waals surface area contributed by atoms with E-state index in [0.29, 0.717) is 5.13 Å². The summed E-state index contributed by atoms with van der Waals surface area (Å²) in [5.41, 5.74) is 7.87. The Morgan fingerprint density at radius 2 is 2.33 bits per heavy atom. The molecule has 4 nitrogen and oxygen atoms in total. The van der Waals surface area contributed by atoms with Crippen LogP contribution in [0.3, 0.4) is 0 Å². The Bertz CT molecular complexity index is 458. The number of nitrogen functional groups attached to an aromatic ring is 1. The lowest BCUT2D eigenvalue weighted by Gasteiger charge is -2.01. The van der Waals surface area contributed by atoms with Gasteiger partial charge >= 0.3 is 0 Å². The van der Waals surface area contributed by atoms with E-state index in [0.717, 1.165) is 18.7 Å². The van der Waals surface area contributed by atoms with Crippen molar-refractivity contribution in [2.45, 2.75) is 26.8 Å². The largest absolute Gasteiger partial charge is 0.375 e. The molecule has 2 aromatic heterocycles. The predicted octanol–water partition coefficient (Wildman–Crippen LogP) is 1.84. The van der Waals surface area contributed by atoms with E-state index in [9.17, 15) is 0 Å². The molecule has 0 radical (unpaired) electrons. The van der Waals surface area contributed by atoms with Gasteiger partial charge in [0.05, 0.1) is 5.69 Å². The van der Waals surface area contributed by atoms with Crippen molar-refractivity contribution in [1.82, 2.24) is 14.8 Å². The average molecular weight is 222 g/mol. The van der Waals surface area contributed by atoms with Crippen molar-refractivity contribution in [3.8, 4) is 0 Å². The van der Waals surface area contributed by atoms with Crippen LogP contribution in [-0.4, -0.2) is 14.8 Å². The van der Waals surface area contributed by atoms with E-state index in [1.54, 1.807) is 0 Å². The van der Waals surface area contributed by atoms with Crippen molar-refractivity contribution >= 4 is 16.5 Å². The molecule has 0 unspecified atom stereocenters. The molecule has 80 valence electrons. The Morgan fingerprint density at radius 3 is 2.93 bits per heavy atom. The lowest BCUT2D eigenvalue weighted by Crippen LogP contribution is -2.02. The fourth-order valence-corrected chi connectivity index (χ4v) is 2.30. The number of aromatic nitrogens is 3. The molecule has 0 fully saturated rings. The lowest BCUT2D eigenvalue weighted by atomic mass is 10.2. The summed E-state index contributed by atoms with van der Waals surface area (Å²) >= 11 is 1.54. The van der Waals surface area contributed by atoms with Gasteiger partial charge in [-0.15, -0.1) is 11.3 Å². The fourth-order valence-electron chi connectivity index (χ4n) is 1.60. The molecule has 15 heavy (non-hydrogen) atoms. The first kappa shape index (κ1) is 10.2. The molecule has 0 saturated heterocycles. The van der Waals surface area contributed by atoms with Crippen LogP contribution < -0.4 is 5.73 Å². The molecule has 0 atom stereocenters. The maximum Gasteiger partial charge on any atom is 0.180 e. The average Bonchev–Trinajstić information content (AvgIpc) is 2.73. The van der Waals surface area contributed by atoms with Crippen LogP contribution in [0.1, 0.15) is 23.2 Å². The Morgan fingerprint density at radius 1 is 1.53 bits per heavy atom. The third-order valence-electron chi connectivity index (χ3n) is 2.21. The van der Waals surface area contributed by atoms with Crippen LogP contribution in [0.15, 0.2) is 12.3 Å². The van der Waals surface area contributed by atoms with Gasteiger partial charge in [-0.25, -0.2) is 4.98 Å². The van der Waals surface area contributed by atoms with Crippen LogP contribution in [0.5, 0.6) is 0 Å². The molecule has 0 bridgehead atoms. The summed E-state index contributed by atoms with van der Waals surface area (Å²) in [4.78, 5) is 5.22. The second-order valence-corrected chi connectivity index (χ2v) is 4.58. The third-order valence-corrected chi connectivity index (χ3v) is 3.04. The fraction of sp³-hybridized carbons (Fsp3) is 0.400. The minimum atomic E-state index is 0.629. The highest BCUT2D eigenvalue weighted by Gasteiger charge is 2.06. The second kappa shape index (κ2) is 4.02. The van der Waals surface area contributed by atoms with Crippen LogP contribution in [-0.2, 0) is 13.0 Å². The Hall–Kier alpha value is -1.36. The highest BCUT2D eigenvalue weighted by atomic mass is 32.1. The first-order chi connectivity index (χ1) is 7.19. The highest BCUT2D eigenvalue weighted by Crippen LogP contribution is 2.18. The summed E-state index contributed by atoms with van der Waals surface area (Å²) in [7, 11) is 0. The molecular formula is C10H14N4S. The molecule has 2 rings (SSSR count). The number of aryl methyl sites for hydroxylation is 2. The van der Waals surface area contributed by atoms with E-state index in [2.05, 4.69) is 23.1 Å². The third kappa shape index (κ3) is 2.18. The smallest absolute Gasteiger partial charge is 0.180 e. The van der Waals surface area contributed by atoms with Gasteiger partial charge in [0.25, 0.3) is 0 Å². The first-order valence-electron chi connectivity index (χ1n) is 4.92. The maximum absolute atomic E-state index is 5.59. The van der Waals surface area contributed by atoms with Gasteiger partial charge in [0.2, 0.25) is 0 Å². The monoisotopic (exact) mass is 222 g/mol. The molecular weight excluding hydrogens is 208 g/mol. The summed E-state index contributed by atoms with van der Waals surface area (Å²) in [6.45, 7) is 5.01. The van der Waals surface area contributed by atoms with Gasteiger partial charge in [-0.3, -0.25) is 4.68 Å². The van der Waals surface area contributed by atoms with Crippen LogP contribution in [0.25, 0.3) is 0 Å². The van der Waals surface area contributed by atoms with Gasteiger partial charge < -0.3 is 5.73 Å². The van der Waals surface area contributed by atoms with Crippen molar-refractivity contribution in [3.63, 3.8) is 0 Å². The van der Waals surface area contributed by atoms with Crippen molar-refractivity contribution in [1.29, 1.82) is 0 Å². The van der Waals surface area contributed by atoms with E-state index in [1.807, 2.05) is 17.8 Å². The molecule has 2 N–H and O–H groups in total. The molecule has 0 saturated carbocycles. The topological polar surface area (TPSA) is 56.7 Å². The van der Waals surface area contributed by atoms with Crippen LogP contribution >= 0.6 is 11.3 Å². The molecule has 2 aromatic rings. The SMILES string of the molecule is CCn1nc(C)cc1Cc1cnc(N)s1. The summed E-state index contributed by atoms with van der Waals surface area (Å²) in [5.74, 6) is 0. The number of anilines is 1. The Kier molecular flexibility index (Phi) is 2.73. The molecule has 2 heterocycles. The van der Waals surface area contributed by atoms with Crippen molar-refractivity contribution in [3.05, 3.63) is 28.5 Å². The number of thiazole rings is 1. The van der Waals surface area contributed by atoms with E-state index in [-0.39, 0.29) is 0 Å². The van der Waals surface area contributed by atoms with Gasteiger partial charge in [0, 0.05) is 29.7 Å². The number of hydrogen-bond acceptors (Lipinski definition) is 4. The van der Waals surface area contributed by atoms with Gasteiger partial charge in [-0.1, -0.05) is 0 Å². The van der Waals surface area contributed by atoms with Crippen LogP contribution in [0.2, 0.25) is 0 Å². The second-order valence-electron chi connectivity index (χ2n) is 3.43. The Balaban J connectivity index is 2.23. The van der Waals surface area contributed by atoms with Crippen molar-refractivity contribution in [2.75, 3.05) is 5.73 Å². The van der Waals surface area contributed by atoms with E-state index in [1.165, 1.54) is 21.9 Å². The van der Waals surface area contributed by atoms with E-state index >= 15 is 0 Å². The standard InChI is InChI=1S/C10H14N4S/c1-3-14-8(4-7(2)13-14)5-9-6-12-10(11)15-9/h4,6H,3,5H2,1-2H3,(H2,11,12). The maximum atomic E-state index is 5.59. The lowest BCUT2D eigenvalue weighted by molar-refractivity contribution is 0.626. The quantitative estimate of drug-likeness (QED) is 0.862. The minimum Gasteiger partial charge on any atom is -0.375 e. The summed E-state index contributed by atoms with van der Waals surface area (Å²) in [6.07, 6.45) is 2.70. The zero-order valence-electron chi connectivity index (χ0n) is 8.90. The first-order valence-corrected chi connectivity index (χ1v) is 5.74. The molecule has 0 aliphatic carbocycles. The van der Waals surface area contributed by atoms with Gasteiger partial charge in [0.1, 0.15) is 0 Å². The van der Waals surface area contributed by atoms with Crippen LogP contribution in [0, 0.1) is 6.92 Å². The minimum absolute atomic E-state index is 0.629. The van der Waals surface area contributed by atoms with Crippen LogP contribution in [0.4, 0.5) is 5.13 Å². The predicted molar refractivity (Wildman–Crippen MR) is 62.0 cm³/mol. The van der Waals surface area contributed by atoms with Gasteiger partial charge in [-0.2, -0.15) is 5.10 Å². The molecule has 0 aromatic carbocycles. The van der Waals surface area contributed by atoms with Gasteiger partial charge in [-0.05, 0) is 19.9 Å². The zero-order chi connectivity index (χ0) is 10.8. The summed E-state index contributed by atoms with van der Waals surface area (Å²) < 4.78 is 2.02. The summed E-state index contributed by atoms with van der Waals surface area (Å²) in [5, 5.41) is 5.03. The normalized spacial score (nSPS) is 10.8. The highest BCUT2D eigenvalue weighted by molar-refractivity contribution is 7.15. The van der Waals surface area contributed by atoms with Crippen molar-refractivity contribution < 1.29 is 0 Å². The number of nitrogens with zero attached hydrogens (tertiary/aromatic N) is 3. The zero-order valence-corrected chi connectivity index (χ0v) is 9.71. The molecule has 0 amide bonds. The van der Waals surface area contributed by atoms with Gasteiger partial charge in [0.15, 0.2) is 5.13 Å². The van der Waals surface area contributed by atoms with Crippen molar-refractivity contribution in [2.24, 2.45) is 0 Å². The Labute approximate surface area is 92.8 Å². The summed E-state index contributed by atoms with van der Waals surface area (Å²) in [6, 6.07) is 2.11. The van der Waals surface area contributed by atoms with E-state index in [4.69, 9.17) is 5.73 Å². The molecule has 0 spiro atoms. The number of rotatable bonds is 3. The molecule has 0 aliphatic rings. The van der Waals surface area contributed by atoms with E-state index < -0.39 is 0 Å².